The normalized spacial score (nSPS) is 15.5. The van der Waals surface area contributed by atoms with Gasteiger partial charge in [-0.25, -0.2) is 0 Å². The maximum absolute atomic E-state index is 10.4. The van der Waals surface area contributed by atoms with Gasteiger partial charge >= 0.3 is 0 Å². The Hall–Kier alpha value is -1.91. The highest BCUT2D eigenvalue weighted by Crippen LogP contribution is 2.28. The van der Waals surface area contributed by atoms with Crippen LogP contribution in [0.15, 0.2) is 42.7 Å². The van der Waals surface area contributed by atoms with Crippen LogP contribution in [0.4, 0.5) is 0 Å². The second kappa shape index (κ2) is 7.77. The number of pyridine rings is 1. The van der Waals surface area contributed by atoms with Gasteiger partial charge in [0.05, 0.1) is 0 Å². The minimum Gasteiger partial charge on any atom is -0.491 e. The van der Waals surface area contributed by atoms with Crippen molar-refractivity contribution in [1.29, 1.82) is 0 Å². The summed E-state index contributed by atoms with van der Waals surface area (Å²) in [6.45, 7) is 5.89. The molecule has 1 atom stereocenters. The van der Waals surface area contributed by atoms with E-state index in [1.54, 1.807) is 0 Å². The zero-order chi connectivity index (χ0) is 16.9. The van der Waals surface area contributed by atoms with E-state index in [4.69, 9.17) is 4.74 Å². The Morgan fingerprint density at radius 2 is 1.96 bits per heavy atom. The predicted octanol–water partition coefficient (Wildman–Crippen LogP) is 3.10. The molecule has 0 amide bonds. The van der Waals surface area contributed by atoms with Gasteiger partial charge in [-0.15, -0.1) is 0 Å². The van der Waals surface area contributed by atoms with Crippen LogP contribution in [-0.2, 0) is 6.54 Å². The zero-order valence-electron chi connectivity index (χ0n) is 14.5. The van der Waals surface area contributed by atoms with Gasteiger partial charge in [-0.1, -0.05) is 12.1 Å². The molecule has 4 nitrogen and oxygen atoms in total. The third-order valence-corrected chi connectivity index (χ3v) is 4.42. The lowest BCUT2D eigenvalue weighted by atomic mass is 10.1. The number of rotatable bonds is 8. The van der Waals surface area contributed by atoms with Gasteiger partial charge < -0.3 is 9.84 Å². The summed E-state index contributed by atoms with van der Waals surface area (Å²) in [6.07, 6.45) is 5.58. The molecule has 0 spiro atoms. The molecular formula is C20H26N2O2. The third kappa shape index (κ3) is 4.79. The first-order valence-corrected chi connectivity index (χ1v) is 8.63. The van der Waals surface area contributed by atoms with Gasteiger partial charge in [0.2, 0.25) is 0 Å². The van der Waals surface area contributed by atoms with Crippen molar-refractivity contribution in [3.8, 4) is 5.75 Å². The maximum atomic E-state index is 10.4. The number of benzene rings is 1. The van der Waals surface area contributed by atoms with Crippen molar-refractivity contribution >= 4 is 0 Å². The number of ether oxygens (including phenoxy) is 1. The van der Waals surface area contributed by atoms with E-state index in [0.717, 1.165) is 17.9 Å². The zero-order valence-corrected chi connectivity index (χ0v) is 14.5. The molecule has 0 radical (unpaired) electrons. The molecule has 0 aliphatic heterocycles. The molecule has 1 heterocycles. The summed E-state index contributed by atoms with van der Waals surface area (Å²) in [7, 11) is 0. The van der Waals surface area contributed by atoms with E-state index in [2.05, 4.69) is 22.0 Å². The Morgan fingerprint density at radius 1 is 1.21 bits per heavy atom. The van der Waals surface area contributed by atoms with Gasteiger partial charge in [-0.3, -0.25) is 9.88 Å². The topological polar surface area (TPSA) is 45.6 Å². The molecule has 1 unspecified atom stereocenters. The molecule has 0 bridgehead atoms. The average Bonchev–Trinajstić information content (AvgIpc) is 3.41. The highest BCUT2D eigenvalue weighted by atomic mass is 16.5. The second-order valence-electron chi connectivity index (χ2n) is 6.75. The first kappa shape index (κ1) is 16.9. The quantitative estimate of drug-likeness (QED) is 0.810. The van der Waals surface area contributed by atoms with E-state index in [1.165, 1.54) is 24.0 Å². The van der Waals surface area contributed by atoms with Gasteiger partial charge in [-0.2, -0.15) is 0 Å². The molecule has 2 aromatic rings. The standard InChI is InChI=1S/C20H26N2O2/c1-15-3-4-16(2)20(11-15)24-14-19(23)13-22(18-5-6-18)12-17-7-9-21-10-8-17/h3-4,7-11,18-19,23H,5-6,12-14H2,1-2H3. The van der Waals surface area contributed by atoms with Crippen molar-refractivity contribution in [3.05, 3.63) is 59.4 Å². The lowest BCUT2D eigenvalue weighted by Crippen LogP contribution is -2.36. The molecular weight excluding hydrogens is 300 g/mol. The number of aliphatic hydroxyl groups is 1. The average molecular weight is 326 g/mol. The Kier molecular flexibility index (Phi) is 5.48. The first-order chi connectivity index (χ1) is 11.6. The molecule has 1 saturated carbocycles. The molecule has 1 aliphatic carbocycles. The van der Waals surface area contributed by atoms with Crippen LogP contribution < -0.4 is 4.74 Å². The minimum absolute atomic E-state index is 0.323. The summed E-state index contributed by atoms with van der Waals surface area (Å²) in [5.41, 5.74) is 3.51. The molecule has 128 valence electrons. The van der Waals surface area contributed by atoms with Crippen molar-refractivity contribution < 1.29 is 9.84 Å². The minimum atomic E-state index is -0.493. The first-order valence-electron chi connectivity index (χ1n) is 8.63. The number of nitrogens with zero attached hydrogens (tertiary/aromatic N) is 2. The smallest absolute Gasteiger partial charge is 0.122 e. The summed E-state index contributed by atoms with van der Waals surface area (Å²) in [6, 6.07) is 10.8. The van der Waals surface area contributed by atoms with Crippen molar-refractivity contribution in [2.24, 2.45) is 0 Å². The van der Waals surface area contributed by atoms with Crippen LogP contribution in [0, 0.1) is 13.8 Å². The maximum Gasteiger partial charge on any atom is 0.122 e. The van der Waals surface area contributed by atoms with Gasteiger partial charge in [0.15, 0.2) is 0 Å². The lowest BCUT2D eigenvalue weighted by molar-refractivity contribution is 0.0624. The summed E-state index contributed by atoms with van der Waals surface area (Å²) >= 11 is 0. The van der Waals surface area contributed by atoms with Gasteiger partial charge in [0.25, 0.3) is 0 Å². The number of aromatic nitrogens is 1. The van der Waals surface area contributed by atoms with Crippen LogP contribution in [0.5, 0.6) is 5.75 Å². The fourth-order valence-electron chi connectivity index (χ4n) is 2.88. The van der Waals surface area contributed by atoms with Crippen molar-refractivity contribution in [3.63, 3.8) is 0 Å². The summed E-state index contributed by atoms with van der Waals surface area (Å²) < 4.78 is 5.84. The summed E-state index contributed by atoms with van der Waals surface area (Å²) in [5, 5.41) is 10.4. The number of hydrogen-bond acceptors (Lipinski definition) is 4. The van der Waals surface area contributed by atoms with Crippen molar-refractivity contribution in [2.45, 2.75) is 45.4 Å². The number of aryl methyl sites for hydroxylation is 2. The van der Waals surface area contributed by atoms with Crippen LogP contribution in [0.2, 0.25) is 0 Å². The predicted molar refractivity (Wildman–Crippen MR) is 95.1 cm³/mol. The Balaban J connectivity index is 1.54. The van der Waals surface area contributed by atoms with Gasteiger partial charge in [0, 0.05) is 31.5 Å². The largest absolute Gasteiger partial charge is 0.491 e. The van der Waals surface area contributed by atoms with E-state index < -0.39 is 6.10 Å². The van der Waals surface area contributed by atoms with E-state index in [0.29, 0.717) is 19.2 Å². The van der Waals surface area contributed by atoms with E-state index >= 15 is 0 Å². The van der Waals surface area contributed by atoms with Gasteiger partial charge in [-0.05, 0) is 61.6 Å². The number of aliphatic hydroxyl groups excluding tert-OH is 1. The van der Waals surface area contributed by atoms with Crippen LogP contribution in [-0.4, -0.2) is 40.3 Å². The molecule has 24 heavy (non-hydrogen) atoms. The molecule has 3 rings (SSSR count). The van der Waals surface area contributed by atoms with E-state index in [-0.39, 0.29) is 0 Å². The van der Waals surface area contributed by atoms with Crippen molar-refractivity contribution in [1.82, 2.24) is 9.88 Å². The fourth-order valence-corrected chi connectivity index (χ4v) is 2.88. The Bertz CT molecular complexity index is 656. The molecule has 1 aliphatic rings. The van der Waals surface area contributed by atoms with E-state index in [1.807, 2.05) is 44.4 Å². The van der Waals surface area contributed by atoms with Crippen molar-refractivity contribution in [2.75, 3.05) is 13.2 Å². The van der Waals surface area contributed by atoms with Crippen LogP contribution in [0.25, 0.3) is 0 Å². The number of hydrogen-bond donors (Lipinski definition) is 1. The molecule has 1 aromatic carbocycles. The molecule has 0 saturated heterocycles. The van der Waals surface area contributed by atoms with Crippen LogP contribution >= 0.6 is 0 Å². The Morgan fingerprint density at radius 3 is 2.67 bits per heavy atom. The summed E-state index contributed by atoms with van der Waals surface area (Å²) in [5.74, 6) is 0.862. The highest BCUT2D eigenvalue weighted by Gasteiger charge is 2.30. The fraction of sp³-hybridized carbons (Fsp3) is 0.450. The second-order valence-corrected chi connectivity index (χ2v) is 6.75. The lowest BCUT2D eigenvalue weighted by Gasteiger charge is -2.25. The van der Waals surface area contributed by atoms with Crippen LogP contribution in [0.3, 0.4) is 0 Å². The molecule has 1 fully saturated rings. The highest BCUT2D eigenvalue weighted by molar-refractivity contribution is 5.35. The molecule has 1 N–H and O–H groups in total. The summed E-state index contributed by atoms with van der Waals surface area (Å²) in [4.78, 5) is 6.42. The monoisotopic (exact) mass is 326 g/mol. The molecule has 1 aromatic heterocycles. The van der Waals surface area contributed by atoms with Gasteiger partial charge in [0.1, 0.15) is 18.5 Å². The Labute approximate surface area is 144 Å². The SMILES string of the molecule is Cc1ccc(C)c(OCC(O)CN(Cc2ccncc2)C2CC2)c1. The van der Waals surface area contributed by atoms with Crippen LogP contribution in [0.1, 0.15) is 29.5 Å². The van der Waals surface area contributed by atoms with E-state index in [9.17, 15) is 5.11 Å². The third-order valence-electron chi connectivity index (χ3n) is 4.42. The molecule has 4 heteroatoms.